The number of carbonyl (C=O) groups is 1. The lowest BCUT2D eigenvalue weighted by Crippen LogP contribution is -2.25. The van der Waals surface area contributed by atoms with Crippen molar-refractivity contribution in [3.8, 4) is 0 Å². The third kappa shape index (κ3) is 6.00. The van der Waals surface area contributed by atoms with E-state index in [1.165, 1.54) is 9.75 Å². The van der Waals surface area contributed by atoms with Crippen molar-refractivity contribution in [1.82, 2.24) is 15.0 Å². The highest BCUT2D eigenvalue weighted by Crippen LogP contribution is 2.35. The molecule has 29 heavy (non-hydrogen) atoms. The molecule has 0 bridgehead atoms. The third-order valence-corrected chi connectivity index (χ3v) is 5.76. The lowest BCUT2D eigenvalue weighted by atomic mass is 10.0. The quantitative estimate of drug-likeness (QED) is 0.792. The molecule has 11 heteroatoms. The highest BCUT2D eigenvalue weighted by Gasteiger charge is 2.42. The summed E-state index contributed by atoms with van der Waals surface area (Å²) >= 11 is 1.90. The van der Waals surface area contributed by atoms with Crippen LogP contribution >= 0.6 is 11.3 Å². The number of hydrogen-bond acceptors (Lipinski definition) is 7. The van der Waals surface area contributed by atoms with Gasteiger partial charge in [0.25, 0.3) is 0 Å². The molecule has 2 saturated heterocycles. The molecular formula is C18H22F3N3O4S. The summed E-state index contributed by atoms with van der Waals surface area (Å²) in [6.07, 6.45) is -2.62. The fourth-order valence-corrected chi connectivity index (χ4v) is 4.55. The number of alkyl halides is 3. The van der Waals surface area contributed by atoms with Crippen LogP contribution in [0.15, 0.2) is 16.7 Å². The summed E-state index contributed by atoms with van der Waals surface area (Å²) in [5.41, 5.74) is 0. The predicted molar refractivity (Wildman–Crippen MR) is 97.5 cm³/mol. The van der Waals surface area contributed by atoms with Gasteiger partial charge in [0, 0.05) is 35.3 Å². The molecule has 4 heterocycles. The Kier molecular flexibility index (Phi) is 6.59. The minimum absolute atomic E-state index is 0.237. The van der Waals surface area contributed by atoms with Gasteiger partial charge in [0.05, 0.1) is 18.6 Å². The second-order valence-electron chi connectivity index (χ2n) is 7.24. The largest absolute Gasteiger partial charge is 0.490 e. The van der Waals surface area contributed by atoms with Crippen molar-refractivity contribution in [2.24, 2.45) is 5.92 Å². The predicted octanol–water partition coefficient (Wildman–Crippen LogP) is 3.21. The number of aromatic nitrogens is 2. The molecule has 3 atom stereocenters. The highest BCUT2D eigenvalue weighted by atomic mass is 32.1. The smallest absolute Gasteiger partial charge is 0.475 e. The van der Waals surface area contributed by atoms with Crippen LogP contribution in [-0.4, -0.2) is 57.6 Å². The maximum Gasteiger partial charge on any atom is 0.490 e. The normalized spacial score (nSPS) is 24.2. The van der Waals surface area contributed by atoms with Crippen LogP contribution in [0.25, 0.3) is 0 Å². The SMILES string of the molecule is Cc1noc(C[C@H]2C[C@H]3CN(Cc4ccc(C)s4)C[C@H]3O2)n1.O=C(O)C(F)(F)F. The van der Waals surface area contributed by atoms with E-state index in [2.05, 4.69) is 34.1 Å². The number of nitrogens with zero attached hydrogens (tertiary/aromatic N) is 3. The van der Waals surface area contributed by atoms with Crippen molar-refractivity contribution in [2.75, 3.05) is 13.1 Å². The Hall–Kier alpha value is -1.98. The second kappa shape index (κ2) is 8.80. The van der Waals surface area contributed by atoms with Gasteiger partial charge < -0.3 is 14.4 Å². The van der Waals surface area contributed by atoms with Crippen LogP contribution in [0.2, 0.25) is 0 Å². The van der Waals surface area contributed by atoms with Gasteiger partial charge in [-0.15, -0.1) is 11.3 Å². The first-order valence-corrected chi connectivity index (χ1v) is 9.94. The molecule has 2 aliphatic rings. The van der Waals surface area contributed by atoms with Crippen molar-refractivity contribution in [1.29, 1.82) is 0 Å². The number of likely N-dealkylation sites (tertiary alicyclic amines) is 1. The first-order valence-electron chi connectivity index (χ1n) is 9.12. The Morgan fingerprint density at radius 3 is 2.59 bits per heavy atom. The molecule has 160 valence electrons. The summed E-state index contributed by atoms with van der Waals surface area (Å²) in [4.78, 5) is 18.5. The number of halogens is 3. The van der Waals surface area contributed by atoms with Gasteiger partial charge in [-0.05, 0) is 32.4 Å². The van der Waals surface area contributed by atoms with E-state index in [9.17, 15) is 13.2 Å². The molecule has 0 unspecified atom stereocenters. The number of rotatable bonds is 4. The lowest BCUT2D eigenvalue weighted by molar-refractivity contribution is -0.192. The Morgan fingerprint density at radius 2 is 2.07 bits per heavy atom. The first kappa shape index (κ1) is 21.7. The van der Waals surface area contributed by atoms with Crippen LogP contribution < -0.4 is 0 Å². The van der Waals surface area contributed by atoms with Crippen molar-refractivity contribution < 1.29 is 32.3 Å². The number of aliphatic carboxylic acids is 1. The Morgan fingerprint density at radius 1 is 1.34 bits per heavy atom. The van der Waals surface area contributed by atoms with Crippen LogP contribution in [-0.2, 0) is 22.5 Å². The van der Waals surface area contributed by atoms with Crippen LogP contribution in [0.5, 0.6) is 0 Å². The highest BCUT2D eigenvalue weighted by molar-refractivity contribution is 7.11. The lowest BCUT2D eigenvalue weighted by Gasteiger charge is -2.17. The minimum Gasteiger partial charge on any atom is -0.475 e. The average molecular weight is 433 g/mol. The zero-order valence-electron chi connectivity index (χ0n) is 16.0. The second-order valence-corrected chi connectivity index (χ2v) is 8.61. The Bertz CT molecular complexity index is 770. The maximum atomic E-state index is 10.6. The van der Waals surface area contributed by atoms with Gasteiger partial charge in [0.15, 0.2) is 5.82 Å². The molecule has 0 aromatic carbocycles. The molecular weight excluding hydrogens is 411 g/mol. The third-order valence-electron chi connectivity index (χ3n) is 4.78. The molecule has 0 radical (unpaired) electrons. The molecule has 2 aliphatic heterocycles. The molecule has 0 saturated carbocycles. The Balaban J connectivity index is 0.000000298. The molecule has 0 amide bonds. The zero-order valence-corrected chi connectivity index (χ0v) is 16.8. The van der Waals surface area contributed by atoms with E-state index >= 15 is 0 Å². The number of ether oxygens (including phenoxy) is 1. The molecule has 2 aromatic rings. The number of fused-ring (bicyclic) bond motifs is 1. The van der Waals surface area contributed by atoms with E-state index < -0.39 is 12.1 Å². The van der Waals surface area contributed by atoms with Gasteiger partial charge in [-0.2, -0.15) is 18.2 Å². The summed E-state index contributed by atoms with van der Waals surface area (Å²) < 4.78 is 43.1. The van der Waals surface area contributed by atoms with E-state index in [-0.39, 0.29) is 6.10 Å². The van der Waals surface area contributed by atoms with Crippen LogP contribution in [0.3, 0.4) is 0 Å². The number of carboxylic acids is 1. The van der Waals surface area contributed by atoms with Gasteiger partial charge >= 0.3 is 12.1 Å². The van der Waals surface area contributed by atoms with Gasteiger partial charge in [-0.1, -0.05) is 5.16 Å². The summed E-state index contributed by atoms with van der Waals surface area (Å²) in [7, 11) is 0. The van der Waals surface area contributed by atoms with E-state index in [1.54, 1.807) is 0 Å². The van der Waals surface area contributed by atoms with Gasteiger partial charge in [-0.25, -0.2) is 4.79 Å². The summed E-state index contributed by atoms with van der Waals surface area (Å²) in [5.74, 6) is -0.707. The molecule has 7 nitrogen and oxygen atoms in total. The van der Waals surface area contributed by atoms with E-state index in [4.69, 9.17) is 19.2 Å². The summed E-state index contributed by atoms with van der Waals surface area (Å²) in [5, 5.41) is 11.0. The van der Waals surface area contributed by atoms with Crippen LogP contribution in [0.4, 0.5) is 13.2 Å². The van der Waals surface area contributed by atoms with Crippen molar-refractivity contribution in [3.05, 3.63) is 33.6 Å². The van der Waals surface area contributed by atoms with Crippen molar-refractivity contribution >= 4 is 17.3 Å². The number of hydrogen-bond donors (Lipinski definition) is 1. The fourth-order valence-electron chi connectivity index (χ4n) is 3.62. The molecule has 0 spiro atoms. The zero-order chi connectivity index (χ0) is 21.2. The van der Waals surface area contributed by atoms with Gasteiger partial charge in [-0.3, -0.25) is 4.90 Å². The van der Waals surface area contributed by atoms with E-state index in [0.29, 0.717) is 23.7 Å². The van der Waals surface area contributed by atoms with Crippen molar-refractivity contribution in [2.45, 2.75) is 51.6 Å². The van der Waals surface area contributed by atoms with Gasteiger partial charge in [0.2, 0.25) is 5.89 Å². The maximum absolute atomic E-state index is 10.6. The first-order chi connectivity index (χ1) is 13.6. The molecule has 4 rings (SSSR count). The molecule has 2 aromatic heterocycles. The molecule has 0 aliphatic carbocycles. The monoisotopic (exact) mass is 433 g/mol. The fraction of sp³-hybridized carbons (Fsp3) is 0.611. The van der Waals surface area contributed by atoms with Crippen molar-refractivity contribution in [3.63, 3.8) is 0 Å². The summed E-state index contributed by atoms with van der Waals surface area (Å²) in [6.45, 7) is 7.26. The summed E-state index contributed by atoms with van der Waals surface area (Å²) in [6, 6.07) is 4.45. The van der Waals surface area contributed by atoms with E-state index in [0.717, 1.165) is 32.5 Å². The Labute approximate surface area is 169 Å². The van der Waals surface area contributed by atoms with Gasteiger partial charge in [0.1, 0.15) is 0 Å². The topological polar surface area (TPSA) is 88.7 Å². The molecule has 1 N–H and O–H groups in total. The number of thiophene rings is 1. The molecule has 2 fully saturated rings. The van der Waals surface area contributed by atoms with Crippen LogP contribution in [0, 0.1) is 19.8 Å². The van der Waals surface area contributed by atoms with Crippen LogP contribution in [0.1, 0.15) is 27.9 Å². The van der Waals surface area contributed by atoms with E-state index in [1.807, 2.05) is 18.3 Å². The number of carboxylic acid groups (broad SMARTS) is 1. The average Bonchev–Trinajstić information content (AvgIpc) is 3.34. The standard InChI is InChI=1S/C16H21N3O2S.C2HF3O2/c1-10-3-4-14(22-10)8-19-7-12-5-13(20-15(12)9-19)6-16-17-11(2)18-21-16;3-2(4,5)1(6)7/h3-4,12-13,15H,5-9H2,1-2H3;(H,6,7)/t12-,13+,15+;/m0./s1. The minimum atomic E-state index is -5.08. The number of aryl methyl sites for hydroxylation is 2.